The smallest absolute Gasteiger partial charge is 0.146 e. The summed E-state index contributed by atoms with van der Waals surface area (Å²) in [7, 11) is 0. The minimum atomic E-state index is -0.201. The maximum Gasteiger partial charge on any atom is 0.146 e. The lowest BCUT2D eigenvalue weighted by Crippen LogP contribution is -2.50. The largest absolute Gasteiger partial charge is 0.364 e. The SMILES string of the molecule is C[C@H]1CNCCN1c1cc(Cl)ccc1F.Cl. The molecule has 90 valence electrons. The van der Waals surface area contributed by atoms with Crippen LogP contribution in [0.1, 0.15) is 6.92 Å². The number of hydrogen-bond donors (Lipinski definition) is 1. The van der Waals surface area contributed by atoms with E-state index in [1.807, 2.05) is 0 Å². The van der Waals surface area contributed by atoms with Gasteiger partial charge in [0.2, 0.25) is 0 Å². The Morgan fingerprint density at radius 2 is 2.25 bits per heavy atom. The van der Waals surface area contributed by atoms with Crippen molar-refractivity contribution in [2.45, 2.75) is 13.0 Å². The van der Waals surface area contributed by atoms with Gasteiger partial charge in [0, 0.05) is 30.7 Å². The summed E-state index contributed by atoms with van der Waals surface area (Å²) in [6.07, 6.45) is 0. The first-order valence-corrected chi connectivity index (χ1v) is 5.48. The molecule has 1 aromatic carbocycles. The quantitative estimate of drug-likeness (QED) is 0.839. The van der Waals surface area contributed by atoms with E-state index in [1.165, 1.54) is 6.07 Å². The first-order chi connectivity index (χ1) is 7.18. The lowest BCUT2D eigenvalue weighted by atomic mass is 10.1. The third-order valence-corrected chi connectivity index (χ3v) is 2.95. The molecule has 0 bridgehead atoms. The maximum atomic E-state index is 13.6. The molecule has 0 aliphatic carbocycles. The number of rotatable bonds is 1. The van der Waals surface area contributed by atoms with Gasteiger partial charge in [-0.1, -0.05) is 11.6 Å². The van der Waals surface area contributed by atoms with Crippen LogP contribution in [0.5, 0.6) is 0 Å². The predicted octanol–water partition coefficient (Wildman–Crippen LogP) is 2.70. The minimum absolute atomic E-state index is 0. The zero-order valence-electron chi connectivity index (χ0n) is 9.04. The van der Waals surface area contributed by atoms with Crippen LogP contribution < -0.4 is 10.2 Å². The lowest BCUT2D eigenvalue weighted by Gasteiger charge is -2.36. The van der Waals surface area contributed by atoms with Gasteiger partial charge in [-0.25, -0.2) is 4.39 Å². The summed E-state index contributed by atoms with van der Waals surface area (Å²) in [5, 5.41) is 3.85. The highest BCUT2D eigenvalue weighted by Crippen LogP contribution is 2.25. The van der Waals surface area contributed by atoms with Gasteiger partial charge in [-0.2, -0.15) is 0 Å². The second-order valence-electron chi connectivity index (χ2n) is 3.84. The van der Waals surface area contributed by atoms with Gasteiger partial charge in [-0.3, -0.25) is 0 Å². The Morgan fingerprint density at radius 1 is 1.50 bits per heavy atom. The Hall–Kier alpha value is -0.510. The normalized spacial score (nSPS) is 20.4. The monoisotopic (exact) mass is 264 g/mol. The highest BCUT2D eigenvalue weighted by Gasteiger charge is 2.20. The standard InChI is InChI=1S/C11H14ClFN2.ClH/c1-8-7-14-4-5-15(8)11-6-9(12)2-3-10(11)13;/h2-3,6,8,14H,4-5,7H2,1H3;1H/t8-;/m0./s1. The molecule has 1 heterocycles. The lowest BCUT2D eigenvalue weighted by molar-refractivity contribution is 0.491. The Morgan fingerprint density at radius 3 is 2.94 bits per heavy atom. The van der Waals surface area contributed by atoms with Gasteiger partial charge >= 0.3 is 0 Å². The Kier molecular flexibility index (Phi) is 4.84. The van der Waals surface area contributed by atoms with Crippen LogP contribution in [-0.4, -0.2) is 25.7 Å². The zero-order valence-corrected chi connectivity index (χ0v) is 10.6. The molecule has 0 aromatic heterocycles. The average molecular weight is 265 g/mol. The van der Waals surface area contributed by atoms with Crippen molar-refractivity contribution in [3.8, 4) is 0 Å². The summed E-state index contributed by atoms with van der Waals surface area (Å²) >= 11 is 5.87. The Bertz CT molecular complexity index is 360. The molecule has 1 aromatic rings. The molecule has 0 radical (unpaired) electrons. The fraction of sp³-hybridized carbons (Fsp3) is 0.455. The molecule has 2 rings (SSSR count). The maximum absolute atomic E-state index is 13.6. The van der Waals surface area contributed by atoms with Crippen molar-refractivity contribution in [1.82, 2.24) is 5.32 Å². The molecule has 0 saturated carbocycles. The molecule has 0 amide bonds. The molecule has 1 N–H and O–H groups in total. The van der Waals surface area contributed by atoms with Crippen LogP contribution in [0.25, 0.3) is 0 Å². The van der Waals surface area contributed by atoms with Gasteiger partial charge < -0.3 is 10.2 Å². The molecule has 0 unspecified atom stereocenters. The number of benzene rings is 1. The molecule has 1 atom stereocenters. The fourth-order valence-electron chi connectivity index (χ4n) is 1.90. The highest BCUT2D eigenvalue weighted by molar-refractivity contribution is 6.30. The summed E-state index contributed by atoms with van der Waals surface area (Å²) in [6, 6.07) is 4.99. The molecule has 1 aliphatic heterocycles. The van der Waals surface area contributed by atoms with Crippen molar-refractivity contribution >= 4 is 29.7 Å². The van der Waals surface area contributed by atoms with Gasteiger partial charge in [-0.15, -0.1) is 12.4 Å². The molecule has 1 saturated heterocycles. The third-order valence-electron chi connectivity index (χ3n) is 2.72. The summed E-state index contributed by atoms with van der Waals surface area (Å²) in [5.41, 5.74) is 0.608. The zero-order chi connectivity index (χ0) is 10.8. The Labute approximate surface area is 106 Å². The molecule has 1 aliphatic rings. The van der Waals surface area contributed by atoms with Crippen LogP contribution in [-0.2, 0) is 0 Å². The number of nitrogens with one attached hydrogen (secondary N) is 1. The molecule has 2 nitrogen and oxygen atoms in total. The summed E-state index contributed by atoms with van der Waals surface area (Å²) < 4.78 is 13.6. The number of nitrogens with zero attached hydrogens (tertiary/aromatic N) is 1. The van der Waals surface area contributed by atoms with Gasteiger partial charge in [-0.05, 0) is 25.1 Å². The number of halogens is 3. The number of piperazine rings is 1. The van der Waals surface area contributed by atoms with E-state index >= 15 is 0 Å². The third kappa shape index (κ3) is 2.78. The number of hydrogen-bond acceptors (Lipinski definition) is 2. The van der Waals surface area contributed by atoms with Crippen LogP contribution in [0.3, 0.4) is 0 Å². The molecular formula is C11H15Cl2FN2. The van der Waals surface area contributed by atoms with E-state index in [0.717, 1.165) is 19.6 Å². The van der Waals surface area contributed by atoms with Gasteiger partial charge in [0.15, 0.2) is 0 Å². The van der Waals surface area contributed by atoms with Crippen LogP contribution >= 0.6 is 24.0 Å². The van der Waals surface area contributed by atoms with Crippen molar-refractivity contribution in [3.05, 3.63) is 29.0 Å². The van der Waals surface area contributed by atoms with Gasteiger partial charge in [0.25, 0.3) is 0 Å². The molecule has 16 heavy (non-hydrogen) atoms. The van der Waals surface area contributed by atoms with E-state index in [1.54, 1.807) is 12.1 Å². The van der Waals surface area contributed by atoms with E-state index in [-0.39, 0.29) is 18.2 Å². The molecule has 0 spiro atoms. The second kappa shape index (κ2) is 5.71. The van der Waals surface area contributed by atoms with E-state index in [9.17, 15) is 4.39 Å². The minimum Gasteiger partial charge on any atom is -0.364 e. The molecular weight excluding hydrogens is 250 g/mol. The van der Waals surface area contributed by atoms with Crippen LogP contribution in [0.2, 0.25) is 5.02 Å². The number of anilines is 1. The van der Waals surface area contributed by atoms with Crippen molar-refractivity contribution in [2.24, 2.45) is 0 Å². The topological polar surface area (TPSA) is 15.3 Å². The van der Waals surface area contributed by atoms with Crippen LogP contribution in [0, 0.1) is 5.82 Å². The average Bonchev–Trinajstić information content (AvgIpc) is 2.23. The molecule has 5 heteroatoms. The van der Waals surface area contributed by atoms with E-state index < -0.39 is 0 Å². The summed E-state index contributed by atoms with van der Waals surface area (Å²) in [5.74, 6) is -0.201. The second-order valence-corrected chi connectivity index (χ2v) is 4.28. The first kappa shape index (κ1) is 13.6. The van der Waals surface area contributed by atoms with Crippen LogP contribution in [0.4, 0.5) is 10.1 Å². The van der Waals surface area contributed by atoms with Crippen molar-refractivity contribution in [2.75, 3.05) is 24.5 Å². The highest BCUT2D eigenvalue weighted by atomic mass is 35.5. The van der Waals surface area contributed by atoms with Crippen molar-refractivity contribution in [1.29, 1.82) is 0 Å². The van der Waals surface area contributed by atoms with E-state index in [4.69, 9.17) is 11.6 Å². The van der Waals surface area contributed by atoms with Crippen LogP contribution in [0.15, 0.2) is 18.2 Å². The first-order valence-electron chi connectivity index (χ1n) is 5.11. The van der Waals surface area contributed by atoms with Crippen molar-refractivity contribution in [3.63, 3.8) is 0 Å². The van der Waals surface area contributed by atoms with Crippen molar-refractivity contribution < 1.29 is 4.39 Å². The summed E-state index contributed by atoms with van der Waals surface area (Å²) in [4.78, 5) is 2.05. The summed E-state index contributed by atoms with van der Waals surface area (Å²) in [6.45, 7) is 4.66. The van der Waals surface area contributed by atoms with Gasteiger partial charge in [0.05, 0.1) is 5.69 Å². The Balaban J connectivity index is 0.00000128. The van der Waals surface area contributed by atoms with E-state index in [0.29, 0.717) is 16.8 Å². The van der Waals surface area contributed by atoms with Gasteiger partial charge in [0.1, 0.15) is 5.82 Å². The fourth-order valence-corrected chi connectivity index (χ4v) is 2.07. The predicted molar refractivity (Wildman–Crippen MR) is 68.3 cm³/mol. The van der Waals surface area contributed by atoms with E-state index in [2.05, 4.69) is 17.1 Å². The molecule has 1 fully saturated rings.